The molecule has 2 saturated heterocycles. The largest absolute Gasteiger partial charge is 0.386 e. The molecule has 4 N–H and O–H groups in total. The van der Waals surface area contributed by atoms with E-state index in [9.17, 15) is 18.7 Å². The van der Waals surface area contributed by atoms with Gasteiger partial charge in [-0.25, -0.2) is 37.8 Å². The topological polar surface area (TPSA) is 252 Å². The Kier molecular flexibility index (Phi) is 11.4. The molecule has 6 rings (SSSR count). The van der Waals surface area contributed by atoms with Crippen LogP contribution in [0.1, 0.15) is 26.3 Å². The Labute approximate surface area is 297 Å². The molecular weight excluding hydrogens is 764 g/mol. The van der Waals surface area contributed by atoms with Crippen LogP contribution in [0.15, 0.2) is 23.8 Å². The molecule has 0 aromatic carbocycles. The Bertz CT molecular complexity index is 2030. The summed E-state index contributed by atoms with van der Waals surface area (Å²) in [5.74, 6) is -1.14. The smallest absolute Gasteiger partial charge is 0.382 e. The lowest BCUT2D eigenvalue weighted by Gasteiger charge is -2.24. The van der Waals surface area contributed by atoms with Gasteiger partial charge in [-0.3, -0.25) is 42.6 Å². The van der Waals surface area contributed by atoms with Crippen LogP contribution < -0.4 is 16.6 Å². The molecule has 2 aliphatic rings. The number of nitrogens with two attached hydrogens (primary N) is 1. The van der Waals surface area contributed by atoms with Crippen molar-refractivity contribution in [1.29, 1.82) is 0 Å². The molecule has 0 unspecified atom stereocenters. The number of hydrogen-bond donors (Lipinski definition) is 5. The molecule has 6 heterocycles. The molecular formula is C25H30F2N10O10P2S2. The number of amides is 1. The minimum absolute atomic E-state index is 0.0412. The van der Waals surface area contributed by atoms with Gasteiger partial charge in [0.25, 0.3) is 5.56 Å². The molecule has 0 spiro atoms. The number of ether oxygens (including phenoxy) is 3. The highest BCUT2D eigenvalue weighted by Gasteiger charge is 2.52. The van der Waals surface area contributed by atoms with Crippen LogP contribution in [0.4, 0.5) is 20.5 Å². The van der Waals surface area contributed by atoms with Crippen LogP contribution in [-0.4, -0.2) is 101 Å². The van der Waals surface area contributed by atoms with Gasteiger partial charge in [-0.2, -0.15) is 17.6 Å². The van der Waals surface area contributed by atoms with Gasteiger partial charge < -0.3 is 19.9 Å². The Hall–Kier alpha value is -3.18. The number of nitrogens with one attached hydrogen (secondary N) is 2. The van der Waals surface area contributed by atoms with Crippen molar-refractivity contribution in [2.45, 2.75) is 63.1 Å². The van der Waals surface area contributed by atoms with Crippen molar-refractivity contribution < 1.29 is 50.5 Å². The third-order valence-corrected chi connectivity index (χ3v) is 9.99. The average molecular weight is 795 g/mol. The van der Waals surface area contributed by atoms with E-state index in [2.05, 4.69) is 60.1 Å². The molecule has 0 saturated carbocycles. The first-order chi connectivity index (χ1) is 24.3. The quantitative estimate of drug-likeness (QED) is 0.0699. The summed E-state index contributed by atoms with van der Waals surface area (Å²) in [4.78, 5) is 47.5. The van der Waals surface area contributed by atoms with Crippen LogP contribution in [0.3, 0.4) is 0 Å². The first kappa shape index (κ1) is 37.6. The van der Waals surface area contributed by atoms with Gasteiger partial charge in [-0.15, -0.1) is 0 Å². The number of imidazole rings is 2. The maximum absolute atomic E-state index is 16.3. The predicted octanol–water partition coefficient (Wildman–Crippen LogP) is 2.54. The minimum Gasteiger partial charge on any atom is -0.382 e. The van der Waals surface area contributed by atoms with Gasteiger partial charge in [0.05, 0.1) is 31.8 Å². The predicted molar refractivity (Wildman–Crippen MR) is 179 cm³/mol. The number of alkyl halides is 2. The van der Waals surface area contributed by atoms with Crippen LogP contribution in [-0.2, 0) is 41.7 Å². The first-order valence-electron chi connectivity index (χ1n) is 15.0. The highest BCUT2D eigenvalue weighted by atomic mass is 32.7. The summed E-state index contributed by atoms with van der Waals surface area (Å²) in [6.45, 7) is -2.23. The standard InChI is InChI=1S/C25H30F2N10O10P2S2/c1-9(2)21(38)34-25-33-20-15(22(39)35-25)32-7-37(20)24-13(27)17(10(44-24)3-42-8-50)47-49(41,51)43-4-11-16(46-48-40)12(26)23(45-11)36-6-31-14-18(28)29-5-30-19(14)36/h5-7,9-13,16-17,23-24,50H,3-4,8H2,1-2H3,(H,41,51)(H2,28,29,30)(H2,33,34,35,38,39)/t10-,11-,12-,13-,16-,17-,23-,24-,49-/m1/s1. The molecule has 20 nitrogen and oxygen atoms in total. The van der Waals surface area contributed by atoms with Crippen LogP contribution in [0.25, 0.3) is 22.3 Å². The summed E-state index contributed by atoms with van der Waals surface area (Å²) in [6.07, 6.45) is -9.30. The molecule has 0 aliphatic carbocycles. The zero-order valence-corrected chi connectivity index (χ0v) is 30.0. The number of nitrogens with zero attached hydrogens (tertiary/aromatic N) is 7. The van der Waals surface area contributed by atoms with E-state index in [-0.39, 0.29) is 46.6 Å². The lowest BCUT2D eigenvalue weighted by Crippen LogP contribution is -2.34. The Balaban J connectivity index is 1.20. The van der Waals surface area contributed by atoms with E-state index in [1.165, 1.54) is 10.9 Å². The SMILES string of the molecule is CC(C)C(=O)Nc1nc2c(ncn2[C@@H]2O[C@H](COCS)[C@@H](O[P@](=O)(S)OC[C@H]3O[C@@H](n4cnc5c(N)ncnc54)[C@H](F)[C@@H]3OP=O)[C@H]2F)c(=O)[nH]1. The Morgan fingerprint density at radius 2 is 1.73 bits per heavy atom. The van der Waals surface area contributed by atoms with Crippen molar-refractivity contribution in [2.24, 2.45) is 5.92 Å². The van der Waals surface area contributed by atoms with Crippen molar-refractivity contribution in [3.63, 3.8) is 0 Å². The van der Waals surface area contributed by atoms with Crippen LogP contribution >= 0.6 is 40.4 Å². The van der Waals surface area contributed by atoms with E-state index in [1.54, 1.807) is 13.8 Å². The molecule has 4 aromatic heterocycles. The molecule has 0 radical (unpaired) electrons. The summed E-state index contributed by atoms with van der Waals surface area (Å²) < 4.78 is 92.1. The van der Waals surface area contributed by atoms with Crippen molar-refractivity contribution >= 4 is 80.4 Å². The number of H-pyrrole nitrogens is 1. The normalized spacial score (nSPS) is 27.9. The third kappa shape index (κ3) is 7.66. The Morgan fingerprint density at radius 3 is 2.39 bits per heavy atom. The van der Waals surface area contributed by atoms with Crippen molar-refractivity contribution in [3.05, 3.63) is 29.3 Å². The summed E-state index contributed by atoms with van der Waals surface area (Å²) in [5, 5.41) is 2.47. The van der Waals surface area contributed by atoms with Gasteiger partial charge in [-0.1, -0.05) is 26.1 Å². The number of halogens is 2. The zero-order chi connectivity index (χ0) is 36.6. The number of anilines is 2. The van der Waals surface area contributed by atoms with Crippen LogP contribution in [0, 0.1) is 5.92 Å². The Morgan fingerprint density at radius 1 is 1.08 bits per heavy atom. The molecule has 0 bridgehead atoms. The van der Waals surface area contributed by atoms with E-state index >= 15 is 8.78 Å². The second-order valence-electron chi connectivity index (χ2n) is 11.5. The fourth-order valence-electron chi connectivity index (χ4n) is 5.42. The number of carbonyl (C=O) groups is 1. The minimum atomic E-state index is -4.52. The maximum Gasteiger partial charge on any atom is 0.386 e. The molecule has 2 fully saturated rings. The van der Waals surface area contributed by atoms with Gasteiger partial charge in [0.15, 0.2) is 47.4 Å². The number of aromatic amines is 1. The number of carbonyl (C=O) groups excluding carboxylic acids is 1. The number of rotatable bonds is 14. The van der Waals surface area contributed by atoms with Crippen molar-refractivity contribution in [2.75, 3.05) is 30.2 Å². The fraction of sp³-hybridized carbons (Fsp3) is 0.560. The molecule has 4 aromatic rings. The number of hydrogen-bond acceptors (Lipinski definition) is 17. The van der Waals surface area contributed by atoms with Crippen molar-refractivity contribution in [1.82, 2.24) is 39.0 Å². The van der Waals surface area contributed by atoms with Gasteiger partial charge in [0.2, 0.25) is 11.9 Å². The molecule has 276 valence electrons. The second-order valence-corrected chi connectivity index (χ2v) is 15.0. The molecule has 51 heavy (non-hydrogen) atoms. The van der Waals surface area contributed by atoms with Crippen LogP contribution in [0.5, 0.6) is 0 Å². The summed E-state index contributed by atoms with van der Waals surface area (Å²) >= 11 is 8.00. The number of thiol groups is 2. The fourth-order valence-corrected chi connectivity index (χ4v) is 7.35. The lowest BCUT2D eigenvalue weighted by atomic mass is 10.1. The number of nitrogen functional groups attached to an aromatic ring is 1. The number of fused-ring (bicyclic) bond motifs is 2. The van der Waals surface area contributed by atoms with Gasteiger partial charge in [-0.05, 0) is 0 Å². The second kappa shape index (κ2) is 15.4. The molecule has 9 atom stereocenters. The monoisotopic (exact) mass is 794 g/mol. The van der Waals surface area contributed by atoms with Gasteiger partial charge >= 0.3 is 15.5 Å². The molecule has 26 heteroatoms. The first-order valence-corrected chi connectivity index (χ1v) is 19.0. The molecule has 1 amide bonds. The number of aromatic nitrogens is 8. The van der Waals surface area contributed by atoms with Crippen LogP contribution in [0.2, 0.25) is 0 Å². The van der Waals surface area contributed by atoms with E-state index in [0.717, 1.165) is 17.2 Å². The average Bonchev–Trinajstić information content (AvgIpc) is 3.85. The zero-order valence-electron chi connectivity index (χ0n) is 26.4. The summed E-state index contributed by atoms with van der Waals surface area (Å²) in [6, 6.07) is 0. The van der Waals surface area contributed by atoms with Gasteiger partial charge in [0, 0.05) is 5.92 Å². The van der Waals surface area contributed by atoms with E-state index in [1.807, 2.05) is 0 Å². The molecule has 2 aliphatic heterocycles. The van der Waals surface area contributed by atoms with E-state index < -0.39 is 88.7 Å². The van der Waals surface area contributed by atoms with Crippen molar-refractivity contribution in [3.8, 4) is 0 Å². The summed E-state index contributed by atoms with van der Waals surface area (Å²) in [5.41, 5.74) is 5.11. The highest BCUT2D eigenvalue weighted by Crippen LogP contribution is 2.57. The summed E-state index contributed by atoms with van der Waals surface area (Å²) in [7, 11) is -0.884. The van der Waals surface area contributed by atoms with Gasteiger partial charge in [0.1, 0.15) is 36.3 Å². The van der Waals surface area contributed by atoms with E-state index in [0.29, 0.717) is 0 Å². The third-order valence-electron chi connectivity index (χ3n) is 7.86. The maximum atomic E-state index is 16.3. The lowest BCUT2D eigenvalue weighted by molar-refractivity contribution is -0.118. The van der Waals surface area contributed by atoms with E-state index in [4.69, 9.17) is 33.5 Å². The highest BCUT2D eigenvalue weighted by molar-refractivity contribution is 8.44.